The maximum Gasteiger partial charge on any atom is 0.355 e. The number of rotatable bonds is 3. The Labute approximate surface area is 130 Å². The summed E-state index contributed by atoms with van der Waals surface area (Å²) in [5.41, 5.74) is 2.88. The Balaban J connectivity index is 1.91. The Kier molecular flexibility index (Phi) is 3.58. The number of ether oxygens (including phenoxy) is 1. The molecule has 0 saturated carbocycles. The van der Waals surface area contributed by atoms with Crippen LogP contribution in [0, 0.1) is 5.92 Å². The number of benzene rings is 1. The SMILES string of the molecule is CCOC(=O)C1=NNC2C(=O)N(c3ccc(Cl)cc3)C(=O)C12. The van der Waals surface area contributed by atoms with E-state index < -0.39 is 29.7 Å². The van der Waals surface area contributed by atoms with Gasteiger partial charge in [-0.25, -0.2) is 9.69 Å². The molecule has 2 heterocycles. The summed E-state index contributed by atoms with van der Waals surface area (Å²) < 4.78 is 4.87. The van der Waals surface area contributed by atoms with Crippen LogP contribution in [0.2, 0.25) is 5.02 Å². The Morgan fingerprint density at radius 2 is 2.00 bits per heavy atom. The largest absolute Gasteiger partial charge is 0.461 e. The number of hydrazone groups is 1. The van der Waals surface area contributed by atoms with Crippen LogP contribution in [0.3, 0.4) is 0 Å². The lowest BCUT2D eigenvalue weighted by Gasteiger charge is -2.15. The van der Waals surface area contributed by atoms with Crippen molar-refractivity contribution in [3.8, 4) is 0 Å². The second kappa shape index (κ2) is 5.42. The van der Waals surface area contributed by atoms with E-state index in [0.717, 1.165) is 4.90 Å². The molecule has 2 unspecified atom stereocenters. The number of hydrogen-bond donors (Lipinski definition) is 1. The second-order valence-corrected chi connectivity index (χ2v) is 5.23. The monoisotopic (exact) mass is 321 g/mol. The van der Waals surface area contributed by atoms with E-state index in [0.29, 0.717) is 10.7 Å². The summed E-state index contributed by atoms with van der Waals surface area (Å²) in [7, 11) is 0. The van der Waals surface area contributed by atoms with Crippen molar-refractivity contribution >= 4 is 40.8 Å². The van der Waals surface area contributed by atoms with Crippen LogP contribution in [-0.2, 0) is 19.1 Å². The second-order valence-electron chi connectivity index (χ2n) is 4.79. The zero-order valence-electron chi connectivity index (χ0n) is 11.6. The van der Waals surface area contributed by atoms with E-state index in [-0.39, 0.29) is 12.3 Å². The molecular weight excluding hydrogens is 310 g/mol. The van der Waals surface area contributed by atoms with E-state index >= 15 is 0 Å². The molecule has 0 bridgehead atoms. The Morgan fingerprint density at radius 1 is 1.32 bits per heavy atom. The number of imide groups is 1. The third-order valence-electron chi connectivity index (χ3n) is 3.49. The summed E-state index contributed by atoms with van der Waals surface area (Å²) in [4.78, 5) is 37.8. The lowest BCUT2D eigenvalue weighted by molar-refractivity contribution is -0.136. The number of hydrogen-bond acceptors (Lipinski definition) is 6. The van der Waals surface area contributed by atoms with Crippen molar-refractivity contribution in [1.82, 2.24) is 5.43 Å². The molecule has 7 nitrogen and oxygen atoms in total. The van der Waals surface area contributed by atoms with Crippen molar-refractivity contribution < 1.29 is 19.1 Å². The summed E-state index contributed by atoms with van der Waals surface area (Å²) in [6.07, 6.45) is 0. The number of carbonyl (C=O) groups excluding carboxylic acids is 3. The van der Waals surface area contributed by atoms with Crippen LogP contribution >= 0.6 is 11.6 Å². The summed E-state index contributed by atoms with van der Waals surface area (Å²) in [5, 5.41) is 4.28. The molecule has 1 saturated heterocycles. The molecule has 8 heteroatoms. The van der Waals surface area contributed by atoms with Crippen molar-refractivity contribution in [1.29, 1.82) is 0 Å². The third-order valence-corrected chi connectivity index (χ3v) is 3.75. The minimum absolute atomic E-state index is 0.0679. The zero-order valence-corrected chi connectivity index (χ0v) is 12.3. The van der Waals surface area contributed by atoms with Gasteiger partial charge in [-0.3, -0.25) is 15.0 Å². The van der Waals surface area contributed by atoms with Crippen LogP contribution < -0.4 is 10.3 Å². The van der Waals surface area contributed by atoms with Crippen LogP contribution in [0.15, 0.2) is 29.4 Å². The molecule has 2 atom stereocenters. The van der Waals surface area contributed by atoms with Gasteiger partial charge in [0.15, 0.2) is 5.71 Å². The fraction of sp³-hybridized carbons (Fsp3) is 0.286. The maximum absolute atomic E-state index is 12.5. The van der Waals surface area contributed by atoms with Crippen LogP contribution in [0.25, 0.3) is 0 Å². The molecule has 1 aromatic rings. The van der Waals surface area contributed by atoms with Crippen LogP contribution in [0.1, 0.15) is 6.92 Å². The van der Waals surface area contributed by atoms with Gasteiger partial charge >= 0.3 is 5.97 Å². The Bertz CT molecular complexity index is 686. The number of carbonyl (C=O) groups is 3. The molecular formula is C14H12ClN3O4. The minimum atomic E-state index is -0.956. The summed E-state index contributed by atoms with van der Waals surface area (Å²) in [6.45, 7) is 1.82. The van der Waals surface area contributed by atoms with Crippen molar-refractivity contribution in [2.24, 2.45) is 11.0 Å². The number of fused-ring (bicyclic) bond motifs is 1. The highest BCUT2D eigenvalue weighted by molar-refractivity contribution is 6.46. The third kappa shape index (κ3) is 2.14. The topological polar surface area (TPSA) is 88.1 Å². The quantitative estimate of drug-likeness (QED) is 0.654. The zero-order chi connectivity index (χ0) is 15.9. The van der Waals surface area contributed by atoms with Gasteiger partial charge in [0.1, 0.15) is 12.0 Å². The molecule has 1 N–H and O–H groups in total. The van der Waals surface area contributed by atoms with Gasteiger partial charge < -0.3 is 4.74 Å². The first-order valence-corrected chi connectivity index (χ1v) is 7.06. The molecule has 22 heavy (non-hydrogen) atoms. The van der Waals surface area contributed by atoms with Crippen LogP contribution in [-0.4, -0.2) is 36.1 Å². The van der Waals surface area contributed by atoms with Gasteiger partial charge in [-0.05, 0) is 31.2 Å². The molecule has 114 valence electrons. The van der Waals surface area contributed by atoms with Gasteiger partial charge in [0.25, 0.3) is 5.91 Å². The Morgan fingerprint density at radius 3 is 2.64 bits per heavy atom. The van der Waals surface area contributed by atoms with E-state index in [4.69, 9.17) is 16.3 Å². The summed E-state index contributed by atoms with van der Waals surface area (Å²) in [5.74, 6) is -2.61. The number of amides is 2. The van der Waals surface area contributed by atoms with Crippen LogP contribution in [0.4, 0.5) is 5.69 Å². The molecule has 2 amide bonds. The van der Waals surface area contributed by atoms with Gasteiger partial charge in [0.05, 0.1) is 12.3 Å². The first-order chi connectivity index (χ1) is 10.5. The molecule has 3 rings (SSSR count). The average molecular weight is 322 g/mol. The molecule has 0 radical (unpaired) electrons. The highest BCUT2D eigenvalue weighted by atomic mass is 35.5. The van der Waals surface area contributed by atoms with Crippen molar-refractivity contribution in [3.63, 3.8) is 0 Å². The molecule has 0 spiro atoms. The first-order valence-electron chi connectivity index (χ1n) is 6.68. The predicted octanol–water partition coefficient (Wildman–Crippen LogP) is 0.720. The van der Waals surface area contributed by atoms with E-state index in [2.05, 4.69) is 10.5 Å². The first kappa shape index (κ1) is 14.5. The summed E-state index contributed by atoms with van der Waals surface area (Å²) >= 11 is 5.81. The van der Waals surface area contributed by atoms with E-state index in [1.165, 1.54) is 0 Å². The van der Waals surface area contributed by atoms with Crippen LogP contribution in [0.5, 0.6) is 0 Å². The maximum atomic E-state index is 12.5. The van der Waals surface area contributed by atoms with Crippen molar-refractivity contribution in [2.45, 2.75) is 13.0 Å². The number of halogens is 1. The molecule has 0 aromatic heterocycles. The molecule has 1 aromatic carbocycles. The van der Waals surface area contributed by atoms with Gasteiger partial charge in [0, 0.05) is 5.02 Å². The van der Waals surface area contributed by atoms with E-state index in [1.807, 2.05) is 0 Å². The van der Waals surface area contributed by atoms with Crippen molar-refractivity contribution in [3.05, 3.63) is 29.3 Å². The molecule has 0 aliphatic carbocycles. The summed E-state index contributed by atoms with van der Waals surface area (Å²) in [6, 6.07) is 5.43. The molecule has 1 fully saturated rings. The van der Waals surface area contributed by atoms with Gasteiger partial charge in [-0.15, -0.1) is 0 Å². The predicted molar refractivity (Wildman–Crippen MR) is 78.4 cm³/mol. The number of anilines is 1. The Hall–Kier alpha value is -2.41. The smallest absolute Gasteiger partial charge is 0.355 e. The van der Waals surface area contributed by atoms with E-state index in [1.54, 1.807) is 31.2 Å². The van der Waals surface area contributed by atoms with Gasteiger partial charge in [0.2, 0.25) is 5.91 Å². The number of nitrogens with one attached hydrogen (secondary N) is 1. The normalized spacial score (nSPS) is 23.2. The highest BCUT2D eigenvalue weighted by Gasteiger charge is 2.55. The minimum Gasteiger partial charge on any atom is -0.461 e. The van der Waals surface area contributed by atoms with Gasteiger partial charge in [-0.1, -0.05) is 11.6 Å². The molecule has 2 aliphatic heterocycles. The lowest BCUT2D eigenvalue weighted by atomic mass is 9.99. The highest BCUT2D eigenvalue weighted by Crippen LogP contribution is 2.31. The fourth-order valence-electron chi connectivity index (χ4n) is 2.51. The van der Waals surface area contributed by atoms with Crippen molar-refractivity contribution in [2.75, 3.05) is 11.5 Å². The number of nitrogens with zero attached hydrogens (tertiary/aromatic N) is 2. The average Bonchev–Trinajstić information content (AvgIpc) is 3.03. The van der Waals surface area contributed by atoms with E-state index in [9.17, 15) is 14.4 Å². The fourth-order valence-corrected chi connectivity index (χ4v) is 2.63. The number of esters is 1. The standard InChI is InChI=1S/C14H12ClN3O4/c1-2-22-14(21)11-9-10(16-17-11)13(20)18(12(9)19)8-5-3-7(15)4-6-8/h3-6,9-10,16H,2H2,1H3. The molecule has 2 aliphatic rings. The lowest BCUT2D eigenvalue weighted by Crippen LogP contribution is -2.36. The van der Waals surface area contributed by atoms with Gasteiger partial charge in [-0.2, -0.15) is 5.10 Å².